The van der Waals surface area contributed by atoms with E-state index in [0.29, 0.717) is 11.4 Å². The second-order valence-corrected chi connectivity index (χ2v) is 3.21. The van der Waals surface area contributed by atoms with Gasteiger partial charge in [-0.3, -0.25) is 0 Å². The lowest BCUT2D eigenvalue weighted by atomic mass is 10.1. The van der Waals surface area contributed by atoms with Crippen LogP contribution in [0.4, 0.5) is 5.82 Å². The van der Waals surface area contributed by atoms with Crippen molar-refractivity contribution in [2.24, 2.45) is 0 Å². The van der Waals surface area contributed by atoms with Crippen molar-refractivity contribution in [1.29, 1.82) is 5.26 Å². The van der Waals surface area contributed by atoms with Crippen LogP contribution in [0.2, 0.25) is 0 Å². The van der Waals surface area contributed by atoms with Crippen LogP contribution < -0.4 is 5.73 Å². The summed E-state index contributed by atoms with van der Waals surface area (Å²) < 4.78 is 0. The quantitative estimate of drug-likeness (QED) is 0.679. The number of anilines is 1. The van der Waals surface area contributed by atoms with Gasteiger partial charge >= 0.3 is 0 Å². The number of benzene rings is 1. The summed E-state index contributed by atoms with van der Waals surface area (Å²) in [5, 5.41) is 9.73. The maximum Gasteiger partial charge on any atom is 0.124 e. The van der Waals surface area contributed by atoms with E-state index in [1.807, 2.05) is 25.1 Å². The van der Waals surface area contributed by atoms with E-state index < -0.39 is 0 Å². The summed E-state index contributed by atoms with van der Waals surface area (Å²) in [5.74, 6) is 0.514. The van der Waals surface area contributed by atoms with Crippen molar-refractivity contribution in [3.63, 3.8) is 0 Å². The molecule has 3 heteroatoms. The Morgan fingerprint density at radius 3 is 2.86 bits per heavy atom. The summed E-state index contributed by atoms with van der Waals surface area (Å²) in [4.78, 5) is 4.18. The lowest BCUT2D eigenvalue weighted by molar-refractivity contribution is 1.37. The van der Waals surface area contributed by atoms with Crippen LogP contribution in [0.25, 0.3) is 10.9 Å². The van der Waals surface area contributed by atoms with Gasteiger partial charge in [0.15, 0.2) is 0 Å². The van der Waals surface area contributed by atoms with E-state index in [1.165, 1.54) is 0 Å². The molecule has 0 saturated carbocycles. The van der Waals surface area contributed by atoms with E-state index in [2.05, 4.69) is 11.1 Å². The van der Waals surface area contributed by atoms with Crippen molar-refractivity contribution in [1.82, 2.24) is 4.98 Å². The molecule has 14 heavy (non-hydrogen) atoms. The zero-order valence-corrected chi connectivity index (χ0v) is 7.78. The highest BCUT2D eigenvalue weighted by atomic mass is 14.8. The Hall–Kier alpha value is -2.08. The van der Waals surface area contributed by atoms with Crippen molar-refractivity contribution in [3.8, 4) is 6.07 Å². The second kappa shape index (κ2) is 3.00. The molecule has 0 unspecified atom stereocenters. The first-order valence-electron chi connectivity index (χ1n) is 4.27. The van der Waals surface area contributed by atoms with E-state index in [-0.39, 0.29) is 0 Å². The zero-order valence-electron chi connectivity index (χ0n) is 7.78. The molecule has 0 aliphatic rings. The lowest BCUT2D eigenvalue weighted by Gasteiger charge is -2.02. The Balaban J connectivity index is 2.84. The molecular weight excluding hydrogens is 174 g/mol. The Kier molecular flexibility index (Phi) is 1.83. The zero-order chi connectivity index (χ0) is 10.1. The first-order chi connectivity index (χ1) is 6.70. The molecule has 68 valence electrons. The number of aryl methyl sites for hydroxylation is 1. The van der Waals surface area contributed by atoms with Gasteiger partial charge in [-0.15, -0.1) is 0 Å². The molecule has 0 bridgehead atoms. The number of nitrogens with two attached hydrogens (primary N) is 1. The molecule has 1 heterocycles. The number of rotatable bonds is 0. The summed E-state index contributed by atoms with van der Waals surface area (Å²) in [6, 6.07) is 9.30. The monoisotopic (exact) mass is 183 g/mol. The minimum absolute atomic E-state index is 0.514. The SMILES string of the molecule is Cc1cc(N)nc2ccc(C#N)cc12. The number of fused-ring (bicyclic) bond motifs is 1. The molecule has 2 N–H and O–H groups in total. The lowest BCUT2D eigenvalue weighted by Crippen LogP contribution is -1.92. The maximum atomic E-state index is 8.75. The predicted molar refractivity (Wildman–Crippen MR) is 55.6 cm³/mol. The molecule has 0 radical (unpaired) electrons. The second-order valence-electron chi connectivity index (χ2n) is 3.21. The average Bonchev–Trinajstić information content (AvgIpc) is 2.17. The molecule has 2 aromatic rings. The summed E-state index contributed by atoms with van der Waals surface area (Å²) in [7, 11) is 0. The van der Waals surface area contributed by atoms with E-state index in [4.69, 9.17) is 11.0 Å². The summed E-state index contributed by atoms with van der Waals surface area (Å²) >= 11 is 0. The summed E-state index contributed by atoms with van der Waals surface area (Å²) in [6.07, 6.45) is 0. The van der Waals surface area contributed by atoms with Gasteiger partial charge in [0, 0.05) is 5.39 Å². The Bertz CT molecular complexity index is 538. The molecule has 0 aliphatic carbocycles. The van der Waals surface area contributed by atoms with Crippen molar-refractivity contribution in [2.45, 2.75) is 6.92 Å². The van der Waals surface area contributed by atoms with E-state index in [0.717, 1.165) is 16.5 Å². The normalized spacial score (nSPS) is 10.0. The third-order valence-corrected chi connectivity index (χ3v) is 2.16. The Morgan fingerprint density at radius 1 is 1.36 bits per heavy atom. The predicted octanol–water partition coefficient (Wildman–Crippen LogP) is 2.00. The van der Waals surface area contributed by atoms with Crippen LogP contribution in [-0.2, 0) is 0 Å². The summed E-state index contributed by atoms with van der Waals surface area (Å²) in [5.41, 5.74) is 8.15. The first-order valence-corrected chi connectivity index (χ1v) is 4.27. The number of aromatic nitrogens is 1. The number of nitriles is 1. The van der Waals surface area contributed by atoms with Crippen LogP contribution in [-0.4, -0.2) is 4.98 Å². The smallest absolute Gasteiger partial charge is 0.124 e. The number of pyridine rings is 1. The molecule has 0 saturated heterocycles. The molecule has 0 spiro atoms. The van der Waals surface area contributed by atoms with Gasteiger partial charge in [-0.2, -0.15) is 5.26 Å². The van der Waals surface area contributed by atoms with E-state index in [9.17, 15) is 0 Å². The Morgan fingerprint density at radius 2 is 2.14 bits per heavy atom. The number of hydrogen-bond acceptors (Lipinski definition) is 3. The fourth-order valence-corrected chi connectivity index (χ4v) is 1.49. The minimum Gasteiger partial charge on any atom is -0.384 e. The molecule has 1 aromatic carbocycles. The summed E-state index contributed by atoms with van der Waals surface area (Å²) in [6.45, 7) is 1.96. The van der Waals surface area contributed by atoms with Gasteiger partial charge in [0.2, 0.25) is 0 Å². The van der Waals surface area contributed by atoms with Crippen molar-refractivity contribution < 1.29 is 0 Å². The van der Waals surface area contributed by atoms with Gasteiger partial charge in [0.25, 0.3) is 0 Å². The van der Waals surface area contributed by atoms with Crippen LogP contribution in [0.3, 0.4) is 0 Å². The van der Waals surface area contributed by atoms with Crippen LogP contribution in [0.5, 0.6) is 0 Å². The van der Waals surface area contributed by atoms with Crippen molar-refractivity contribution >= 4 is 16.7 Å². The third-order valence-electron chi connectivity index (χ3n) is 2.16. The molecule has 0 amide bonds. The topological polar surface area (TPSA) is 62.7 Å². The molecular formula is C11H9N3. The van der Waals surface area contributed by atoms with Crippen LogP contribution in [0, 0.1) is 18.3 Å². The standard InChI is InChI=1S/C11H9N3/c1-7-4-11(13)14-10-3-2-8(6-12)5-9(7)10/h2-5H,1H3,(H2,13,14). The molecule has 0 aliphatic heterocycles. The average molecular weight is 183 g/mol. The van der Waals surface area contributed by atoms with Crippen LogP contribution in [0.15, 0.2) is 24.3 Å². The third kappa shape index (κ3) is 1.27. The molecule has 0 atom stereocenters. The molecule has 1 aromatic heterocycles. The highest BCUT2D eigenvalue weighted by Crippen LogP contribution is 2.19. The highest BCUT2D eigenvalue weighted by molar-refractivity contribution is 5.84. The van der Waals surface area contributed by atoms with Crippen molar-refractivity contribution in [3.05, 3.63) is 35.4 Å². The van der Waals surface area contributed by atoms with Gasteiger partial charge < -0.3 is 5.73 Å². The largest absolute Gasteiger partial charge is 0.384 e. The van der Waals surface area contributed by atoms with Crippen LogP contribution >= 0.6 is 0 Å². The van der Waals surface area contributed by atoms with E-state index in [1.54, 1.807) is 6.07 Å². The molecule has 2 rings (SSSR count). The van der Waals surface area contributed by atoms with Gasteiger partial charge in [0.05, 0.1) is 17.1 Å². The minimum atomic E-state index is 0.514. The van der Waals surface area contributed by atoms with E-state index >= 15 is 0 Å². The maximum absolute atomic E-state index is 8.75. The van der Waals surface area contributed by atoms with Gasteiger partial charge in [-0.05, 0) is 36.8 Å². The number of nitrogen functional groups attached to an aromatic ring is 1. The van der Waals surface area contributed by atoms with Crippen LogP contribution in [0.1, 0.15) is 11.1 Å². The fraction of sp³-hybridized carbons (Fsp3) is 0.0909. The van der Waals surface area contributed by atoms with Gasteiger partial charge in [-0.25, -0.2) is 4.98 Å². The fourth-order valence-electron chi connectivity index (χ4n) is 1.49. The molecule has 3 nitrogen and oxygen atoms in total. The molecule has 0 fully saturated rings. The Labute approximate surface area is 81.8 Å². The van der Waals surface area contributed by atoms with Crippen molar-refractivity contribution in [2.75, 3.05) is 5.73 Å². The highest BCUT2D eigenvalue weighted by Gasteiger charge is 2.01. The van der Waals surface area contributed by atoms with Gasteiger partial charge in [0.1, 0.15) is 5.82 Å². The number of nitrogens with zero attached hydrogens (tertiary/aromatic N) is 2. The first kappa shape index (κ1) is 8.52. The number of hydrogen-bond donors (Lipinski definition) is 1. The van der Waals surface area contributed by atoms with Gasteiger partial charge in [-0.1, -0.05) is 0 Å².